The predicted molar refractivity (Wildman–Crippen MR) is 61.8 cm³/mol. The highest BCUT2D eigenvalue weighted by Gasteiger charge is 2.05. The molecule has 0 nitrogen and oxygen atoms in total. The lowest BCUT2D eigenvalue weighted by atomic mass is 10.1. The van der Waals surface area contributed by atoms with Gasteiger partial charge in [-0.3, -0.25) is 0 Å². The van der Waals surface area contributed by atoms with E-state index in [1.54, 1.807) is 0 Å². The van der Waals surface area contributed by atoms with E-state index in [0.717, 1.165) is 12.8 Å². The second-order valence-corrected chi connectivity index (χ2v) is 3.68. The molecule has 0 saturated carbocycles. The van der Waals surface area contributed by atoms with Gasteiger partial charge in [-0.05, 0) is 35.1 Å². The molecule has 0 fully saturated rings. The fourth-order valence-corrected chi connectivity index (χ4v) is 1.89. The van der Waals surface area contributed by atoms with E-state index in [1.165, 1.54) is 22.3 Å². The van der Waals surface area contributed by atoms with Crippen LogP contribution in [0.3, 0.4) is 0 Å². The Morgan fingerprint density at radius 2 is 1.50 bits per heavy atom. The highest BCUT2D eigenvalue weighted by atomic mass is 14.1. The first-order valence-electron chi connectivity index (χ1n) is 5.35. The van der Waals surface area contributed by atoms with Crippen molar-refractivity contribution in [3.63, 3.8) is 0 Å². The van der Waals surface area contributed by atoms with E-state index in [2.05, 4.69) is 50.2 Å². The Labute approximate surface area is 85.9 Å². The van der Waals surface area contributed by atoms with Crippen LogP contribution in [0.25, 0.3) is 11.1 Å². The molecular weight excluding hydrogens is 168 g/mol. The van der Waals surface area contributed by atoms with Gasteiger partial charge < -0.3 is 0 Å². The topological polar surface area (TPSA) is 0 Å². The molecule has 2 aliphatic rings. The van der Waals surface area contributed by atoms with Gasteiger partial charge in [0.1, 0.15) is 0 Å². The van der Waals surface area contributed by atoms with Crippen LogP contribution in [0.1, 0.15) is 25.0 Å². The molecule has 0 amide bonds. The normalized spacial score (nSPS) is 10.7. The van der Waals surface area contributed by atoms with Crippen LogP contribution >= 0.6 is 0 Å². The number of fused-ring (bicyclic) bond motifs is 1. The summed E-state index contributed by atoms with van der Waals surface area (Å²) in [5.74, 6) is 0. The minimum absolute atomic E-state index is 1.11. The first kappa shape index (κ1) is 9.26. The number of rotatable bonds is 2. The average Bonchev–Trinajstić information content (AvgIpc) is 2.50. The summed E-state index contributed by atoms with van der Waals surface area (Å²) in [6, 6.07) is 13.4. The van der Waals surface area contributed by atoms with Gasteiger partial charge in [0.15, 0.2) is 0 Å². The summed E-state index contributed by atoms with van der Waals surface area (Å²) in [6.07, 6.45) is 2.23. The van der Waals surface area contributed by atoms with Gasteiger partial charge in [0.25, 0.3) is 0 Å². The van der Waals surface area contributed by atoms with Crippen molar-refractivity contribution in [3.8, 4) is 11.1 Å². The van der Waals surface area contributed by atoms with Crippen molar-refractivity contribution in [2.45, 2.75) is 26.7 Å². The zero-order valence-electron chi connectivity index (χ0n) is 8.88. The molecule has 0 bridgehead atoms. The van der Waals surface area contributed by atoms with Crippen LogP contribution in [0.5, 0.6) is 0 Å². The van der Waals surface area contributed by atoms with Gasteiger partial charge in [0, 0.05) is 0 Å². The fraction of sp³-hybridized carbons (Fsp3) is 0.286. The molecule has 72 valence electrons. The van der Waals surface area contributed by atoms with E-state index in [9.17, 15) is 0 Å². The molecule has 0 unspecified atom stereocenters. The standard InChI is InChI=1S/C14H16/c1-3-11-5-7-13-9-8-12(4-2)14(13)10-6-11/h5-10H,3-4H2,1-2H3. The first-order valence-corrected chi connectivity index (χ1v) is 5.35. The van der Waals surface area contributed by atoms with Gasteiger partial charge in [-0.25, -0.2) is 0 Å². The van der Waals surface area contributed by atoms with Crippen LogP contribution in [-0.2, 0) is 12.8 Å². The van der Waals surface area contributed by atoms with Gasteiger partial charge in [-0.1, -0.05) is 50.2 Å². The maximum Gasteiger partial charge on any atom is -0.0152 e. The molecule has 0 spiro atoms. The third-order valence-corrected chi connectivity index (χ3v) is 2.85. The van der Waals surface area contributed by atoms with Crippen LogP contribution in [0, 0.1) is 0 Å². The first-order chi connectivity index (χ1) is 6.85. The number of aryl methyl sites for hydroxylation is 2. The monoisotopic (exact) mass is 184 g/mol. The minimum Gasteiger partial charge on any atom is -0.0613 e. The van der Waals surface area contributed by atoms with Crippen LogP contribution in [0.4, 0.5) is 0 Å². The maximum absolute atomic E-state index is 2.26. The summed E-state index contributed by atoms with van der Waals surface area (Å²) < 4.78 is 0. The molecule has 0 aromatic carbocycles. The molecule has 0 heteroatoms. The molecule has 0 atom stereocenters. The summed E-state index contributed by atoms with van der Waals surface area (Å²) >= 11 is 0. The van der Waals surface area contributed by atoms with Crippen molar-refractivity contribution in [1.29, 1.82) is 0 Å². The van der Waals surface area contributed by atoms with E-state index in [-0.39, 0.29) is 0 Å². The van der Waals surface area contributed by atoms with Crippen molar-refractivity contribution in [3.05, 3.63) is 47.5 Å². The highest BCUT2D eigenvalue weighted by Crippen LogP contribution is 2.27. The Balaban J connectivity index is 2.57. The lowest BCUT2D eigenvalue weighted by molar-refractivity contribution is 1.14. The lowest BCUT2D eigenvalue weighted by Gasteiger charge is -1.95. The Hall–Kier alpha value is -1.30. The van der Waals surface area contributed by atoms with Crippen molar-refractivity contribution >= 4 is 0 Å². The molecular formula is C14H16. The summed E-state index contributed by atoms with van der Waals surface area (Å²) in [7, 11) is 0. The molecule has 0 aliphatic heterocycles. The van der Waals surface area contributed by atoms with Gasteiger partial charge in [0.2, 0.25) is 0 Å². The minimum atomic E-state index is 1.11. The maximum atomic E-state index is 2.26. The van der Waals surface area contributed by atoms with Gasteiger partial charge in [-0.2, -0.15) is 0 Å². The largest absolute Gasteiger partial charge is 0.0613 e. The van der Waals surface area contributed by atoms with E-state index in [4.69, 9.17) is 0 Å². The third-order valence-electron chi connectivity index (χ3n) is 2.85. The molecule has 0 aromatic rings. The van der Waals surface area contributed by atoms with Crippen LogP contribution in [-0.4, -0.2) is 0 Å². The quantitative estimate of drug-likeness (QED) is 0.663. The summed E-state index contributed by atoms with van der Waals surface area (Å²) in [5.41, 5.74) is 5.63. The van der Waals surface area contributed by atoms with Crippen molar-refractivity contribution in [2.75, 3.05) is 0 Å². The highest BCUT2D eigenvalue weighted by molar-refractivity contribution is 5.70. The smallest absolute Gasteiger partial charge is 0.0152 e. The molecule has 0 heterocycles. The predicted octanol–water partition coefficient (Wildman–Crippen LogP) is 3.92. The zero-order valence-corrected chi connectivity index (χ0v) is 8.88. The van der Waals surface area contributed by atoms with Crippen LogP contribution < -0.4 is 0 Å². The Morgan fingerprint density at radius 1 is 0.786 bits per heavy atom. The Morgan fingerprint density at radius 3 is 2.21 bits per heavy atom. The molecule has 0 N–H and O–H groups in total. The van der Waals surface area contributed by atoms with Gasteiger partial charge >= 0.3 is 0 Å². The zero-order chi connectivity index (χ0) is 9.97. The van der Waals surface area contributed by atoms with Crippen LogP contribution in [0.15, 0.2) is 36.4 Å². The molecule has 0 saturated heterocycles. The van der Waals surface area contributed by atoms with E-state index >= 15 is 0 Å². The van der Waals surface area contributed by atoms with Crippen molar-refractivity contribution in [1.82, 2.24) is 0 Å². The molecule has 14 heavy (non-hydrogen) atoms. The fourth-order valence-electron chi connectivity index (χ4n) is 1.89. The lowest BCUT2D eigenvalue weighted by Crippen LogP contribution is -1.76. The van der Waals surface area contributed by atoms with Crippen LogP contribution in [0.2, 0.25) is 0 Å². The Kier molecular flexibility index (Phi) is 2.53. The summed E-state index contributed by atoms with van der Waals surface area (Å²) in [6.45, 7) is 4.41. The average molecular weight is 184 g/mol. The molecule has 2 aliphatic carbocycles. The summed E-state index contributed by atoms with van der Waals surface area (Å²) in [4.78, 5) is 0. The van der Waals surface area contributed by atoms with E-state index < -0.39 is 0 Å². The number of hydrogen-bond donors (Lipinski definition) is 0. The molecule has 0 radical (unpaired) electrons. The summed E-state index contributed by atoms with van der Waals surface area (Å²) in [5, 5.41) is 0. The van der Waals surface area contributed by atoms with E-state index in [1.807, 2.05) is 0 Å². The molecule has 2 rings (SSSR count). The van der Waals surface area contributed by atoms with Crippen molar-refractivity contribution < 1.29 is 0 Å². The van der Waals surface area contributed by atoms with Crippen molar-refractivity contribution in [2.24, 2.45) is 0 Å². The third kappa shape index (κ3) is 1.52. The Bertz CT molecular complexity index is 401. The van der Waals surface area contributed by atoms with Gasteiger partial charge in [-0.15, -0.1) is 0 Å². The SMILES string of the molecule is CCc1ccc2ccc(CC)c-2cc1. The van der Waals surface area contributed by atoms with Gasteiger partial charge in [0.05, 0.1) is 0 Å². The number of hydrogen-bond acceptors (Lipinski definition) is 0. The van der Waals surface area contributed by atoms with E-state index in [0.29, 0.717) is 0 Å². The second kappa shape index (κ2) is 3.83. The molecule has 0 aromatic heterocycles. The second-order valence-electron chi connectivity index (χ2n) is 3.68.